The maximum Gasteiger partial charge on any atom is 0.267 e. The molecular weight excluding hydrogens is 336 g/mol. The highest BCUT2D eigenvalue weighted by atomic mass is 32.2. The van der Waals surface area contributed by atoms with Gasteiger partial charge in [0.1, 0.15) is 0 Å². The average molecular weight is 379 g/mol. The molecular formula is C20H42O4S. The van der Waals surface area contributed by atoms with Gasteiger partial charge >= 0.3 is 0 Å². The Bertz CT molecular complexity index is 368. The van der Waals surface area contributed by atoms with E-state index in [1.54, 1.807) is 0 Å². The summed E-state index contributed by atoms with van der Waals surface area (Å²) in [6.07, 6.45) is 18.3. The summed E-state index contributed by atoms with van der Waals surface area (Å²) in [4.78, 5) is 0. The SMILES string of the molecule is CCCCCCCCCCCCCC(CCCCCCO)S(=O)(=O)O. The molecule has 0 fully saturated rings. The lowest BCUT2D eigenvalue weighted by molar-refractivity contribution is 0.282. The predicted molar refractivity (Wildman–Crippen MR) is 107 cm³/mol. The molecule has 0 aromatic heterocycles. The van der Waals surface area contributed by atoms with E-state index in [0.717, 1.165) is 38.5 Å². The highest BCUT2D eigenvalue weighted by Crippen LogP contribution is 2.19. The van der Waals surface area contributed by atoms with Crippen LogP contribution in [0.2, 0.25) is 0 Å². The topological polar surface area (TPSA) is 74.6 Å². The molecule has 0 aliphatic rings. The zero-order valence-electron chi connectivity index (χ0n) is 16.4. The number of hydrogen-bond donors (Lipinski definition) is 2. The van der Waals surface area contributed by atoms with E-state index in [9.17, 15) is 13.0 Å². The molecule has 0 amide bonds. The molecule has 0 saturated heterocycles. The Balaban J connectivity index is 3.62. The fraction of sp³-hybridized carbons (Fsp3) is 1.00. The minimum Gasteiger partial charge on any atom is -0.396 e. The van der Waals surface area contributed by atoms with E-state index < -0.39 is 15.4 Å². The van der Waals surface area contributed by atoms with Crippen molar-refractivity contribution in [2.24, 2.45) is 0 Å². The Hall–Kier alpha value is -0.130. The molecule has 152 valence electrons. The molecule has 1 unspecified atom stereocenters. The third kappa shape index (κ3) is 17.1. The van der Waals surface area contributed by atoms with Gasteiger partial charge in [-0.05, 0) is 19.3 Å². The molecule has 0 spiro atoms. The lowest BCUT2D eigenvalue weighted by Crippen LogP contribution is -2.20. The molecule has 2 N–H and O–H groups in total. The van der Waals surface area contributed by atoms with E-state index >= 15 is 0 Å². The smallest absolute Gasteiger partial charge is 0.267 e. The summed E-state index contributed by atoms with van der Waals surface area (Å²) in [5.41, 5.74) is 0. The molecule has 25 heavy (non-hydrogen) atoms. The highest BCUT2D eigenvalue weighted by molar-refractivity contribution is 7.86. The van der Waals surface area contributed by atoms with Crippen LogP contribution < -0.4 is 0 Å². The molecule has 0 aliphatic carbocycles. The quantitative estimate of drug-likeness (QED) is 0.217. The van der Waals surface area contributed by atoms with Crippen LogP contribution in [0.25, 0.3) is 0 Å². The summed E-state index contributed by atoms with van der Waals surface area (Å²) in [5.74, 6) is 0. The Kier molecular flexibility index (Phi) is 17.2. The first kappa shape index (κ1) is 24.9. The molecule has 5 heteroatoms. The molecule has 0 heterocycles. The van der Waals surface area contributed by atoms with Gasteiger partial charge in [-0.2, -0.15) is 8.42 Å². The van der Waals surface area contributed by atoms with Gasteiger partial charge in [0.25, 0.3) is 10.1 Å². The maximum atomic E-state index is 11.5. The largest absolute Gasteiger partial charge is 0.396 e. The van der Waals surface area contributed by atoms with Gasteiger partial charge in [0.15, 0.2) is 0 Å². The first-order valence-electron chi connectivity index (χ1n) is 10.6. The Morgan fingerprint density at radius 2 is 1.00 bits per heavy atom. The van der Waals surface area contributed by atoms with Gasteiger partial charge in [-0.25, -0.2) is 0 Å². The van der Waals surface area contributed by atoms with Crippen molar-refractivity contribution in [2.45, 2.75) is 121 Å². The van der Waals surface area contributed by atoms with Gasteiger partial charge in [0.05, 0.1) is 5.25 Å². The molecule has 0 aromatic rings. The number of aliphatic hydroxyl groups excluding tert-OH is 1. The summed E-state index contributed by atoms with van der Waals surface area (Å²) >= 11 is 0. The second-order valence-corrected chi connectivity index (χ2v) is 9.08. The molecule has 0 radical (unpaired) electrons. The van der Waals surface area contributed by atoms with E-state index in [2.05, 4.69) is 6.92 Å². The van der Waals surface area contributed by atoms with Crippen LogP contribution in [-0.2, 0) is 10.1 Å². The molecule has 0 saturated carbocycles. The molecule has 0 aliphatic heterocycles. The summed E-state index contributed by atoms with van der Waals surface area (Å²) in [6, 6.07) is 0. The molecule has 0 bridgehead atoms. The van der Waals surface area contributed by atoms with Crippen LogP contribution in [0.4, 0.5) is 0 Å². The standard InChI is InChI=1S/C20H42O4S/c1-2-3-4-5-6-7-8-9-10-11-14-17-20(25(22,23)24)18-15-12-13-16-19-21/h20-21H,2-19H2,1H3,(H,22,23,24). The Morgan fingerprint density at radius 1 is 0.640 bits per heavy atom. The van der Waals surface area contributed by atoms with Crippen molar-refractivity contribution in [1.82, 2.24) is 0 Å². The average Bonchev–Trinajstić information content (AvgIpc) is 2.56. The second kappa shape index (κ2) is 17.3. The zero-order chi connectivity index (χ0) is 18.8. The van der Waals surface area contributed by atoms with Crippen LogP contribution in [0.3, 0.4) is 0 Å². The molecule has 0 rings (SSSR count). The number of rotatable bonds is 19. The van der Waals surface area contributed by atoms with Gasteiger partial charge in [-0.1, -0.05) is 96.8 Å². The van der Waals surface area contributed by atoms with Crippen LogP contribution in [0.5, 0.6) is 0 Å². The summed E-state index contributed by atoms with van der Waals surface area (Å²) in [5, 5.41) is 8.14. The minimum absolute atomic E-state index is 0.195. The van der Waals surface area contributed by atoms with Crippen LogP contribution >= 0.6 is 0 Å². The van der Waals surface area contributed by atoms with Gasteiger partial charge in [-0.3, -0.25) is 4.55 Å². The summed E-state index contributed by atoms with van der Waals surface area (Å²) < 4.78 is 32.3. The van der Waals surface area contributed by atoms with Gasteiger partial charge < -0.3 is 5.11 Å². The van der Waals surface area contributed by atoms with E-state index in [0.29, 0.717) is 12.8 Å². The van der Waals surface area contributed by atoms with E-state index in [4.69, 9.17) is 5.11 Å². The van der Waals surface area contributed by atoms with Crippen molar-refractivity contribution in [2.75, 3.05) is 6.61 Å². The Morgan fingerprint density at radius 3 is 1.36 bits per heavy atom. The number of hydrogen-bond acceptors (Lipinski definition) is 3. The van der Waals surface area contributed by atoms with E-state index in [1.807, 2.05) is 0 Å². The van der Waals surface area contributed by atoms with Crippen molar-refractivity contribution in [1.29, 1.82) is 0 Å². The van der Waals surface area contributed by atoms with Crippen LogP contribution in [0, 0.1) is 0 Å². The lowest BCUT2D eigenvalue weighted by Gasteiger charge is -2.13. The third-order valence-corrected chi connectivity index (χ3v) is 6.30. The fourth-order valence-electron chi connectivity index (χ4n) is 3.32. The van der Waals surface area contributed by atoms with Gasteiger partial charge in [-0.15, -0.1) is 0 Å². The highest BCUT2D eigenvalue weighted by Gasteiger charge is 2.21. The first-order chi connectivity index (χ1) is 12.0. The summed E-state index contributed by atoms with van der Waals surface area (Å²) in [6.45, 7) is 2.43. The number of unbranched alkanes of at least 4 members (excludes halogenated alkanes) is 13. The van der Waals surface area contributed by atoms with E-state index in [-0.39, 0.29) is 6.61 Å². The van der Waals surface area contributed by atoms with Crippen molar-refractivity contribution >= 4 is 10.1 Å². The Labute approximate surface area is 156 Å². The molecule has 0 aromatic carbocycles. The van der Waals surface area contributed by atoms with Crippen LogP contribution in [0.15, 0.2) is 0 Å². The van der Waals surface area contributed by atoms with Crippen molar-refractivity contribution in [3.63, 3.8) is 0 Å². The molecule has 1 atom stereocenters. The van der Waals surface area contributed by atoms with E-state index in [1.165, 1.54) is 57.8 Å². The van der Waals surface area contributed by atoms with Crippen molar-refractivity contribution in [3.05, 3.63) is 0 Å². The van der Waals surface area contributed by atoms with Gasteiger partial charge in [0.2, 0.25) is 0 Å². The maximum absolute atomic E-state index is 11.5. The minimum atomic E-state index is -3.92. The van der Waals surface area contributed by atoms with Crippen molar-refractivity contribution in [3.8, 4) is 0 Å². The van der Waals surface area contributed by atoms with Crippen LogP contribution in [-0.4, -0.2) is 29.9 Å². The zero-order valence-corrected chi connectivity index (χ0v) is 17.2. The van der Waals surface area contributed by atoms with Crippen LogP contribution in [0.1, 0.15) is 116 Å². The lowest BCUT2D eigenvalue weighted by atomic mass is 10.0. The third-order valence-electron chi connectivity index (χ3n) is 4.99. The normalized spacial score (nSPS) is 13.2. The predicted octanol–water partition coefficient (Wildman–Crippen LogP) is 5.89. The number of aliphatic hydroxyl groups is 1. The fourth-order valence-corrected chi connectivity index (χ4v) is 4.24. The van der Waals surface area contributed by atoms with Gasteiger partial charge in [0, 0.05) is 6.61 Å². The monoisotopic (exact) mass is 378 g/mol. The molecule has 4 nitrogen and oxygen atoms in total. The first-order valence-corrected chi connectivity index (χ1v) is 12.1. The van der Waals surface area contributed by atoms with Crippen molar-refractivity contribution < 1.29 is 18.1 Å². The second-order valence-electron chi connectivity index (χ2n) is 7.39. The summed E-state index contributed by atoms with van der Waals surface area (Å²) in [7, 11) is -3.92.